The molecule has 3 heteroatoms. The molecule has 0 spiro atoms. The maximum atomic E-state index is 11.4. The van der Waals surface area contributed by atoms with Gasteiger partial charge in [-0.1, -0.05) is 0 Å². The number of rotatable bonds is 0. The molecule has 0 saturated carbocycles. The first-order valence-corrected chi connectivity index (χ1v) is 3.83. The van der Waals surface area contributed by atoms with Gasteiger partial charge < -0.3 is 0 Å². The van der Waals surface area contributed by atoms with Crippen LogP contribution in [0.1, 0.15) is 17.5 Å². The van der Waals surface area contributed by atoms with Gasteiger partial charge in [-0.15, -0.1) is 0 Å². The van der Waals surface area contributed by atoms with Crippen molar-refractivity contribution in [2.24, 2.45) is 7.05 Å². The number of aryl methyl sites for hydroxylation is 2. The van der Waals surface area contributed by atoms with E-state index in [4.69, 9.17) is 0 Å². The van der Waals surface area contributed by atoms with E-state index in [-0.39, 0.29) is 5.56 Å². The van der Waals surface area contributed by atoms with Crippen molar-refractivity contribution in [2.75, 3.05) is 0 Å². The standard InChI is InChI=1S/C8H10N2O/c1-10-8(11)7-4-2-3-6(7)5-9-10/h5H,2-4H2,1H3. The van der Waals surface area contributed by atoms with Crippen molar-refractivity contribution in [3.05, 3.63) is 27.7 Å². The highest BCUT2D eigenvalue weighted by molar-refractivity contribution is 5.25. The van der Waals surface area contributed by atoms with Crippen molar-refractivity contribution in [2.45, 2.75) is 19.3 Å². The highest BCUT2D eigenvalue weighted by Crippen LogP contribution is 2.15. The van der Waals surface area contributed by atoms with Gasteiger partial charge in [0.05, 0.1) is 6.20 Å². The Labute approximate surface area is 64.7 Å². The summed E-state index contributed by atoms with van der Waals surface area (Å²) in [5.74, 6) is 0. The summed E-state index contributed by atoms with van der Waals surface area (Å²) in [6, 6.07) is 0. The molecule has 1 aromatic rings. The van der Waals surface area contributed by atoms with Gasteiger partial charge in [-0.3, -0.25) is 4.79 Å². The minimum Gasteiger partial charge on any atom is -0.268 e. The molecular formula is C8H10N2O. The second-order valence-corrected chi connectivity index (χ2v) is 2.93. The van der Waals surface area contributed by atoms with Gasteiger partial charge in [-0.2, -0.15) is 5.10 Å². The van der Waals surface area contributed by atoms with Crippen LogP contribution in [0.3, 0.4) is 0 Å². The number of aromatic nitrogens is 2. The van der Waals surface area contributed by atoms with Crippen LogP contribution in [-0.4, -0.2) is 9.78 Å². The first kappa shape index (κ1) is 6.58. The van der Waals surface area contributed by atoms with E-state index >= 15 is 0 Å². The maximum absolute atomic E-state index is 11.4. The van der Waals surface area contributed by atoms with Crippen LogP contribution in [-0.2, 0) is 19.9 Å². The van der Waals surface area contributed by atoms with Crippen LogP contribution in [0.5, 0.6) is 0 Å². The van der Waals surface area contributed by atoms with Gasteiger partial charge in [-0.05, 0) is 24.8 Å². The van der Waals surface area contributed by atoms with Crippen molar-refractivity contribution < 1.29 is 0 Å². The van der Waals surface area contributed by atoms with Gasteiger partial charge in [0.1, 0.15) is 0 Å². The van der Waals surface area contributed by atoms with Crippen molar-refractivity contribution in [3.63, 3.8) is 0 Å². The Kier molecular flexibility index (Phi) is 1.31. The highest BCUT2D eigenvalue weighted by Gasteiger charge is 2.14. The average Bonchev–Trinajstić information content (AvgIpc) is 2.45. The third-order valence-corrected chi connectivity index (χ3v) is 2.20. The van der Waals surface area contributed by atoms with Gasteiger partial charge in [-0.25, -0.2) is 4.68 Å². The summed E-state index contributed by atoms with van der Waals surface area (Å²) in [5, 5.41) is 3.95. The summed E-state index contributed by atoms with van der Waals surface area (Å²) >= 11 is 0. The third kappa shape index (κ3) is 0.878. The molecule has 0 aromatic carbocycles. The van der Waals surface area contributed by atoms with Crippen LogP contribution < -0.4 is 5.56 Å². The fourth-order valence-corrected chi connectivity index (χ4v) is 1.56. The van der Waals surface area contributed by atoms with Crippen LogP contribution in [0.25, 0.3) is 0 Å². The van der Waals surface area contributed by atoms with Crippen molar-refractivity contribution in [3.8, 4) is 0 Å². The molecular weight excluding hydrogens is 140 g/mol. The topological polar surface area (TPSA) is 34.9 Å². The molecule has 0 fully saturated rings. The van der Waals surface area contributed by atoms with E-state index in [1.165, 1.54) is 4.68 Å². The van der Waals surface area contributed by atoms with Gasteiger partial charge >= 0.3 is 0 Å². The molecule has 0 atom stereocenters. The molecule has 0 aliphatic heterocycles. The number of hydrogen-bond acceptors (Lipinski definition) is 2. The molecule has 2 rings (SSSR count). The lowest BCUT2D eigenvalue weighted by atomic mass is 10.2. The molecule has 58 valence electrons. The van der Waals surface area contributed by atoms with Crippen LogP contribution in [0.2, 0.25) is 0 Å². The molecule has 0 saturated heterocycles. The quantitative estimate of drug-likeness (QED) is 0.532. The first-order chi connectivity index (χ1) is 5.29. The second-order valence-electron chi connectivity index (χ2n) is 2.93. The lowest BCUT2D eigenvalue weighted by Crippen LogP contribution is -2.22. The van der Waals surface area contributed by atoms with Gasteiger partial charge in [0, 0.05) is 12.6 Å². The predicted octanol–water partition coefficient (Wildman–Crippen LogP) is 0.269. The predicted molar refractivity (Wildman–Crippen MR) is 41.5 cm³/mol. The minimum absolute atomic E-state index is 0.0833. The SMILES string of the molecule is Cn1ncc2c(c1=O)CCC2. The molecule has 0 unspecified atom stereocenters. The molecule has 11 heavy (non-hydrogen) atoms. The Morgan fingerprint density at radius 2 is 2.36 bits per heavy atom. The summed E-state index contributed by atoms with van der Waals surface area (Å²) in [7, 11) is 1.70. The number of hydrogen-bond donors (Lipinski definition) is 0. The lowest BCUT2D eigenvalue weighted by molar-refractivity contribution is 0.695. The molecule has 0 N–H and O–H groups in total. The van der Waals surface area contributed by atoms with Crippen LogP contribution in [0, 0.1) is 0 Å². The Hall–Kier alpha value is -1.12. The van der Waals surface area contributed by atoms with E-state index in [2.05, 4.69) is 5.10 Å². The van der Waals surface area contributed by atoms with Crippen LogP contribution in [0.15, 0.2) is 11.0 Å². The molecule has 0 bridgehead atoms. The van der Waals surface area contributed by atoms with E-state index < -0.39 is 0 Å². The molecule has 3 nitrogen and oxygen atoms in total. The minimum atomic E-state index is 0.0833. The Morgan fingerprint density at radius 3 is 3.18 bits per heavy atom. The lowest BCUT2D eigenvalue weighted by Gasteiger charge is -1.98. The molecule has 1 heterocycles. The molecule has 0 amide bonds. The Morgan fingerprint density at radius 1 is 1.55 bits per heavy atom. The van der Waals surface area contributed by atoms with Crippen molar-refractivity contribution in [1.82, 2.24) is 9.78 Å². The summed E-state index contributed by atoms with van der Waals surface area (Å²) in [6.07, 6.45) is 4.88. The van der Waals surface area contributed by atoms with Crippen molar-refractivity contribution in [1.29, 1.82) is 0 Å². The monoisotopic (exact) mass is 150 g/mol. The first-order valence-electron chi connectivity index (χ1n) is 3.83. The van der Waals surface area contributed by atoms with Gasteiger partial charge in [0.2, 0.25) is 0 Å². The fraction of sp³-hybridized carbons (Fsp3) is 0.500. The molecule has 1 aliphatic carbocycles. The van der Waals surface area contributed by atoms with Gasteiger partial charge in [0.25, 0.3) is 5.56 Å². The smallest absolute Gasteiger partial charge is 0.268 e. The molecule has 0 radical (unpaired) electrons. The zero-order valence-corrected chi connectivity index (χ0v) is 6.50. The van der Waals surface area contributed by atoms with E-state index in [0.717, 1.165) is 30.4 Å². The van der Waals surface area contributed by atoms with Crippen LogP contribution >= 0.6 is 0 Å². The zero-order chi connectivity index (χ0) is 7.84. The van der Waals surface area contributed by atoms with E-state index in [1.807, 2.05) is 6.20 Å². The maximum Gasteiger partial charge on any atom is 0.269 e. The second kappa shape index (κ2) is 2.19. The fourth-order valence-electron chi connectivity index (χ4n) is 1.56. The number of nitrogens with zero attached hydrogens (tertiary/aromatic N) is 2. The zero-order valence-electron chi connectivity index (χ0n) is 6.50. The summed E-state index contributed by atoms with van der Waals surface area (Å²) in [6.45, 7) is 0. The summed E-state index contributed by atoms with van der Waals surface area (Å²) < 4.78 is 1.41. The van der Waals surface area contributed by atoms with E-state index in [9.17, 15) is 4.79 Å². The van der Waals surface area contributed by atoms with Gasteiger partial charge in [0.15, 0.2) is 0 Å². The highest BCUT2D eigenvalue weighted by atomic mass is 16.1. The average molecular weight is 150 g/mol. The largest absolute Gasteiger partial charge is 0.269 e. The Bertz CT molecular complexity index is 340. The van der Waals surface area contributed by atoms with Crippen LogP contribution in [0.4, 0.5) is 0 Å². The third-order valence-electron chi connectivity index (χ3n) is 2.20. The summed E-state index contributed by atoms with van der Waals surface area (Å²) in [5.41, 5.74) is 2.20. The number of fused-ring (bicyclic) bond motifs is 1. The molecule has 1 aliphatic rings. The molecule has 1 aromatic heterocycles. The van der Waals surface area contributed by atoms with E-state index in [0.29, 0.717) is 0 Å². The van der Waals surface area contributed by atoms with E-state index in [1.54, 1.807) is 7.05 Å². The Balaban J connectivity index is 2.72. The summed E-state index contributed by atoms with van der Waals surface area (Å²) in [4.78, 5) is 11.4. The normalized spacial score (nSPS) is 15.0. The van der Waals surface area contributed by atoms with Crippen molar-refractivity contribution >= 4 is 0 Å².